The normalized spacial score (nSPS) is 10.7. The lowest BCUT2D eigenvalue weighted by Gasteiger charge is -2.14. The molecule has 34 heavy (non-hydrogen) atoms. The van der Waals surface area contributed by atoms with E-state index in [4.69, 9.17) is 4.74 Å². The number of aromatic nitrogens is 1. The van der Waals surface area contributed by atoms with E-state index in [-0.39, 0.29) is 18.1 Å². The highest BCUT2D eigenvalue weighted by Crippen LogP contribution is 2.36. The zero-order valence-electron chi connectivity index (χ0n) is 18.4. The van der Waals surface area contributed by atoms with Gasteiger partial charge in [-0.3, -0.25) is 4.79 Å². The minimum Gasteiger partial charge on any atom is -0.457 e. The van der Waals surface area contributed by atoms with Gasteiger partial charge >= 0.3 is 0 Å². The summed E-state index contributed by atoms with van der Waals surface area (Å²) < 4.78 is 33.3. The Bertz CT molecular complexity index is 1300. The molecule has 1 aromatic heterocycles. The van der Waals surface area contributed by atoms with Crippen LogP contribution in [0.3, 0.4) is 0 Å². The van der Waals surface area contributed by atoms with Gasteiger partial charge in [0.1, 0.15) is 17.3 Å². The van der Waals surface area contributed by atoms with Crippen LogP contribution in [0.1, 0.15) is 12.5 Å². The molecule has 4 rings (SSSR count). The molecule has 0 aliphatic heterocycles. The van der Waals surface area contributed by atoms with E-state index in [1.54, 1.807) is 42.1 Å². The number of benzene rings is 3. The fraction of sp³-hybridized carbons (Fsp3) is 0.111. The number of nitrogens with one attached hydrogen (secondary N) is 1. The van der Waals surface area contributed by atoms with Gasteiger partial charge in [0.25, 0.3) is 0 Å². The van der Waals surface area contributed by atoms with Crippen molar-refractivity contribution in [1.82, 2.24) is 4.98 Å². The predicted molar refractivity (Wildman–Crippen MR) is 131 cm³/mol. The Balaban J connectivity index is 1.57. The summed E-state index contributed by atoms with van der Waals surface area (Å²) in [6.07, 6.45) is 1.57. The number of thioether (sulfide) groups is 1. The molecule has 4 aromatic rings. The van der Waals surface area contributed by atoms with Crippen molar-refractivity contribution in [2.75, 3.05) is 11.1 Å². The van der Waals surface area contributed by atoms with Crippen molar-refractivity contribution < 1.29 is 18.3 Å². The minimum atomic E-state index is -0.630. The molecule has 4 nitrogen and oxygen atoms in total. The summed E-state index contributed by atoms with van der Waals surface area (Å²) in [6.45, 7) is 2.09. The smallest absolute Gasteiger partial charge is 0.228 e. The lowest BCUT2D eigenvalue weighted by molar-refractivity contribution is -0.115. The van der Waals surface area contributed by atoms with E-state index in [1.807, 2.05) is 24.3 Å². The Morgan fingerprint density at radius 3 is 2.56 bits per heavy atom. The molecule has 0 aliphatic rings. The maximum Gasteiger partial charge on any atom is 0.228 e. The van der Waals surface area contributed by atoms with Crippen LogP contribution in [-0.4, -0.2) is 16.6 Å². The molecule has 0 saturated heterocycles. The van der Waals surface area contributed by atoms with Gasteiger partial charge < -0.3 is 10.1 Å². The molecule has 0 bridgehead atoms. The largest absolute Gasteiger partial charge is 0.457 e. The summed E-state index contributed by atoms with van der Waals surface area (Å²) in [7, 11) is 0. The molecule has 0 aliphatic carbocycles. The monoisotopic (exact) mass is 476 g/mol. The first kappa shape index (κ1) is 23.4. The maximum absolute atomic E-state index is 13.7. The summed E-state index contributed by atoms with van der Waals surface area (Å²) in [6, 6.07) is 21.6. The number of ether oxygens (including phenoxy) is 1. The van der Waals surface area contributed by atoms with E-state index in [0.29, 0.717) is 22.6 Å². The van der Waals surface area contributed by atoms with Gasteiger partial charge in [-0.2, -0.15) is 4.39 Å². The van der Waals surface area contributed by atoms with Crippen LogP contribution in [0, 0.1) is 11.8 Å². The number of nitrogens with zero attached hydrogens (tertiary/aromatic N) is 1. The van der Waals surface area contributed by atoms with Gasteiger partial charge in [0.15, 0.2) is 0 Å². The van der Waals surface area contributed by atoms with Crippen LogP contribution in [0.2, 0.25) is 0 Å². The van der Waals surface area contributed by atoms with E-state index >= 15 is 0 Å². The number of carbonyl (C=O) groups is 1. The van der Waals surface area contributed by atoms with Gasteiger partial charge in [0.05, 0.1) is 6.42 Å². The number of pyridine rings is 1. The summed E-state index contributed by atoms with van der Waals surface area (Å²) in [5, 5.41) is 2.87. The van der Waals surface area contributed by atoms with Crippen molar-refractivity contribution in [2.45, 2.75) is 18.2 Å². The molecule has 3 aromatic carbocycles. The predicted octanol–water partition coefficient (Wildman–Crippen LogP) is 7.11. The first-order valence-corrected chi connectivity index (χ1v) is 11.7. The van der Waals surface area contributed by atoms with E-state index in [9.17, 15) is 13.6 Å². The third-order valence-corrected chi connectivity index (χ3v) is 5.82. The van der Waals surface area contributed by atoms with Crippen LogP contribution < -0.4 is 10.1 Å². The topological polar surface area (TPSA) is 51.2 Å². The van der Waals surface area contributed by atoms with Gasteiger partial charge in [0, 0.05) is 40.5 Å². The Labute approximate surface area is 201 Å². The van der Waals surface area contributed by atoms with Crippen molar-refractivity contribution in [3.8, 4) is 22.6 Å². The second-order valence-corrected chi connectivity index (χ2v) is 8.78. The SMILES string of the molecule is CCSc1ccc(CC(=O)Nc2ccc(-c3ccnc(F)c3)c(Oc3cccc(F)c3)c2)cc1. The van der Waals surface area contributed by atoms with Crippen molar-refractivity contribution >= 4 is 23.4 Å². The number of amides is 1. The first-order chi connectivity index (χ1) is 16.5. The van der Waals surface area contributed by atoms with Gasteiger partial charge in [0.2, 0.25) is 11.9 Å². The molecule has 1 amide bonds. The quantitative estimate of drug-likeness (QED) is 0.217. The average Bonchev–Trinajstić information content (AvgIpc) is 2.81. The van der Waals surface area contributed by atoms with E-state index < -0.39 is 11.8 Å². The molecule has 7 heteroatoms. The van der Waals surface area contributed by atoms with Gasteiger partial charge in [-0.1, -0.05) is 25.1 Å². The van der Waals surface area contributed by atoms with E-state index in [0.717, 1.165) is 16.2 Å². The van der Waals surface area contributed by atoms with Gasteiger partial charge in [-0.25, -0.2) is 9.37 Å². The lowest BCUT2D eigenvalue weighted by atomic mass is 10.0. The Morgan fingerprint density at radius 1 is 1.00 bits per heavy atom. The number of hydrogen-bond donors (Lipinski definition) is 1. The molecule has 0 fully saturated rings. The van der Waals surface area contributed by atoms with Crippen LogP contribution in [0.5, 0.6) is 11.5 Å². The van der Waals surface area contributed by atoms with Crippen molar-refractivity contribution in [3.63, 3.8) is 0 Å². The molecule has 1 heterocycles. The number of carbonyl (C=O) groups excluding carboxylic acids is 1. The van der Waals surface area contributed by atoms with Crippen LogP contribution >= 0.6 is 11.8 Å². The van der Waals surface area contributed by atoms with Crippen LogP contribution in [0.4, 0.5) is 14.5 Å². The zero-order valence-corrected chi connectivity index (χ0v) is 19.2. The molecule has 172 valence electrons. The van der Waals surface area contributed by atoms with Crippen molar-refractivity contribution in [3.05, 3.63) is 102 Å². The van der Waals surface area contributed by atoms with Crippen LogP contribution in [0.25, 0.3) is 11.1 Å². The Morgan fingerprint density at radius 2 is 1.82 bits per heavy atom. The first-order valence-electron chi connectivity index (χ1n) is 10.7. The number of halogens is 2. The average molecular weight is 477 g/mol. The Hall–Kier alpha value is -3.71. The molecule has 0 saturated carbocycles. The summed E-state index contributed by atoms with van der Waals surface area (Å²) >= 11 is 1.74. The molecule has 0 radical (unpaired) electrons. The number of hydrogen-bond acceptors (Lipinski definition) is 4. The Kier molecular flexibility index (Phi) is 7.54. The second kappa shape index (κ2) is 10.9. The van der Waals surface area contributed by atoms with Gasteiger partial charge in [-0.05, 0) is 59.3 Å². The molecular weight excluding hydrogens is 454 g/mol. The standard InChI is InChI=1S/C27H22F2N2O2S/c1-2-34-23-9-6-18(7-10-23)14-27(32)31-21-8-11-24(19-12-13-30-26(29)15-19)25(17-21)33-22-5-3-4-20(28)16-22/h3-13,15-17H,2,14H2,1H3,(H,31,32). The van der Waals surface area contributed by atoms with E-state index in [1.165, 1.54) is 30.5 Å². The molecule has 1 N–H and O–H groups in total. The van der Waals surface area contributed by atoms with E-state index in [2.05, 4.69) is 17.2 Å². The van der Waals surface area contributed by atoms with Crippen molar-refractivity contribution in [2.24, 2.45) is 0 Å². The summed E-state index contributed by atoms with van der Waals surface area (Å²) in [5.74, 6) is 0.355. The van der Waals surface area contributed by atoms with Crippen molar-refractivity contribution in [1.29, 1.82) is 0 Å². The summed E-state index contributed by atoms with van der Waals surface area (Å²) in [4.78, 5) is 17.4. The zero-order chi connectivity index (χ0) is 23.9. The fourth-order valence-corrected chi connectivity index (χ4v) is 4.07. The highest BCUT2D eigenvalue weighted by molar-refractivity contribution is 7.99. The highest BCUT2D eigenvalue weighted by Gasteiger charge is 2.13. The second-order valence-electron chi connectivity index (χ2n) is 7.44. The third kappa shape index (κ3) is 6.20. The van der Waals surface area contributed by atoms with Crippen LogP contribution in [0.15, 0.2) is 90.0 Å². The lowest BCUT2D eigenvalue weighted by Crippen LogP contribution is -2.14. The van der Waals surface area contributed by atoms with Gasteiger partial charge in [-0.15, -0.1) is 11.8 Å². The molecule has 0 spiro atoms. The maximum atomic E-state index is 13.7. The highest BCUT2D eigenvalue weighted by atomic mass is 32.2. The fourth-order valence-electron chi connectivity index (χ4n) is 3.41. The number of anilines is 1. The summed E-state index contributed by atoms with van der Waals surface area (Å²) in [5.41, 5.74) is 2.53. The molecule has 0 unspecified atom stereocenters. The third-order valence-electron chi connectivity index (χ3n) is 4.93. The number of rotatable bonds is 8. The molecular formula is C27H22F2N2O2S. The van der Waals surface area contributed by atoms with Crippen LogP contribution in [-0.2, 0) is 11.2 Å². The molecule has 0 atom stereocenters. The minimum absolute atomic E-state index is 0.185.